The lowest BCUT2D eigenvalue weighted by molar-refractivity contribution is -0.385. The van der Waals surface area contributed by atoms with Crippen molar-refractivity contribution in [2.75, 3.05) is 5.32 Å². The average Bonchev–Trinajstić information content (AvgIpc) is 3.01. The number of nitro benzene ring substituents is 1. The number of anilines is 1. The predicted octanol–water partition coefficient (Wildman–Crippen LogP) is 2.10. The third kappa shape index (κ3) is 2.37. The number of rotatable bonds is 3. The van der Waals surface area contributed by atoms with E-state index in [4.69, 9.17) is 5.73 Å². The van der Waals surface area contributed by atoms with Crippen LogP contribution in [0.1, 0.15) is 18.4 Å². The Morgan fingerprint density at radius 1 is 1.56 bits per heavy atom. The number of halogens is 1. The monoisotopic (exact) mass is 313 g/mol. The molecule has 0 aromatic heterocycles. The van der Waals surface area contributed by atoms with Gasteiger partial charge in [0.25, 0.3) is 5.69 Å². The predicted molar refractivity (Wildman–Crippen MR) is 70.3 cm³/mol. The van der Waals surface area contributed by atoms with Gasteiger partial charge in [0.1, 0.15) is 0 Å². The number of nitrogens with one attached hydrogen (secondary N) is 1. The van der Waals surface area contributed by atoms with Crippen molar-refractivity contribution >= 4 is 33.2 Å². The fourth-order valence-electron chi connectivity index (χ4n) is 1.56. The van der Waals surface area contributed by atoms with Crippen LogP contribution in [0.25, 0.3) is 0 Å². The molecule has 1 saturated carbocycles. The highest BCUT2D eigenvalue weighted by atomic mass is 79.9. The van der Waals surface area contributed by atoms with Crippen molar-refractivity contribution < 1.29 is 9.72 Å². The molecule has 0 saturated heterocycles. The minimum Gasteiger partial charge on any atom is -0.323 e. The molecule has 0 unspecified atom stereocenters. The standard InChI is InChI=1S/C11H12BrN3O3/c1-6-4-7(12)8(5-9(6)15(17)18)14-10(16)11(13)2-3-11/h4-5H,2-3,13H2,1H3,(H,14,16). The van der Waals surface area contributed by atoms with Crippen LogP contribution >= 0.6 is 15.9 Å². The highest BCUT2D eigenvalue weighted by Gasteiger charge is 2.46. The van der Waals surface area contributed by atoms with E-state index in [1.54, 1.807) is 13.0 Å². The molecule has 1 fully saturated rings. The zero-order chi connectivity index (χ0) is 13.5. The van der Waals surface area contributed by atoms with E-state index in [0.717, 1.165) is 0 Å². The summed E-state index contributed by atoms with van der Waals surface area (Å²) in [7, 11) is 0. The molecule has 1 aliphatic rings. The van der Waals surface area contributed by atoms with Crippen molar-refractivity contribution in [3.63, 3.8) is 0 Å². The Balaban J connectivity index is 2.30. The van der Waals surface area contributed by atoms with Gasteiger partial charge in [-0.2, -0.15) is 0 Å². The normalized spacial score (nSPS) is 16.2. The number of amides is 1. The maximum absolute atomic E-state index is 11.8. The molecule has 1 aromatic carbocycles. The molecule has 2 rings (SSSR count). The van der Waals surface area contributed by atoms with Gasteiger partial charge in [0.2, 0.25) is 5.91 Å². The number of nitro groups is 1. The topological polar surface area (TPSA) is 98.3 Å². The molecule has 1 aromatic rings. The lowest BCUT2D eigenvalue weighted by atomic mass is 10.1. The Morgan fingerprint density at radius 2 is 2.17 bits per heavy atom. The largest absolute Gasteiger partial charge is 0.323 e. The minimum absolute atomic E-state index is 0.0321. The molecule has 0 spiro atoms. The molecule has 7 heteroatoms. The highest BCUT2D eigenvalue weighted by Crippen LogP contribution is 2.36. The van der Waals surface area contributed by atoms with Crippen molar-refractivity contribution in [1.82, 2.24) is 0 Å². The van der Waals surface area contributed by atoms with Gasteiger partial charge >= 0.3 is 0 Å². The second-order valence-corrected chi connectivity index (χ2v) is 5.34. The maximum atomic E-state index is 11.8. The molecule has 6 nitrogen and oxygen atoms in total. The number of benzene rings is 1. The van der Waals surface area contributed by atoms with Crippen molar-refractivity contribution in [3.05, 3.63) is 32.3 Å². The van der Waals surface area contributed by atoms with Gasteiger partial charge < -0.3 is 11.1 Å². The fourth-order valence-corrected chi connectivity index (χ4v) is 2.12. The minimum atomic E-state index is -0.806. The van der Waals surface area contributed by atoms with E-state index in [1.807, 2.05) is 0 Å². The van der Waals surface area contributed by atoms with Crippen LogP contribution in [0, 0.1) is 17.0 Å². The number of nitrogens with two attached hydrogens (primary N) is 1. The van der Waals surface area contributed by atoms with E-state index in [9.17, 15) is 14.9 Å². The Morgan fingerprint density at radius 3 is 2.67 bits per heavy atom. The summed E-state index contributed by atoms with van der Waals surface area (Å²) >= 11 is 3.27. The number of carbonyl (C=O) groups excluding carboxylic acids is 1. The summed E-state index contributed by atoms with van der Waals surface area (Å²) in [6.07, 6.45) is 1.29. The highest BCUT2D eigenvalue weighted by molar-refractivity contribution is 9.10. The Bertz CT molecular complexity index is 541. The molecule has 1 aliphatic carbocycles. The molecule has 0 bridgehead atoms. The van der Waals surface area contributed by atoms with E-state index < -0.39 is 10.5 Å². The van der Waals surface area contributed by atoms with Crippen LogP contribution in [0.3, 0.4) is 0 Å². The summed E-state index contributed by atoms with van der Waals surface area (Å²) in [6, 6.07) is 2.94. The van der Waals surface area contributed by atoms with Crippen LogP contribution in [0.4, 0.5) is 11.4 Å². The third-order valence-corrected chi connectivity index (χ3v) is 3.63. The first-order chi connectivity index (χ1) is 8.33. The fraction of sp³-hybridized carbons (Fsp3) is 0.364. The van der Waals surface area contributed by atoms with Crippen molar-refractivity contribution in [3.8, 4) is 0 Å². The van der Waals surface area contributed by atoms with E-state index >= 15 is 0 Å². The summed E-state index contributed by atoms with van der Waals surface area (Å²) in [6.45, 7) is 1.64. The molecule has 3 N–H and O–H groups in total. The van der Waals surface area contributed by atoms with E-state index in [0.29, 0.717) is 28.6 Å². The van der Waals surface area contributed by atoms with Crippen LogP contribution in [-0.4, -0.2) is 16.4 Å². The SMILES string of the molecule is Cc1cc(Br)c(NC(=O)C2(N)CC2)cc1[N+](=O)[O-]. The second kappa shape index (κ2) is 4.33. The molecule has 0 atom stereocenters. The molecular weight excluding hydrogens is 302 g/mol. The average molecular weight is 314 g/mol. The van der Waals surface area contributed by atoms with Crippen LogP contribution < -0.4 is 11.1 Å². The molecular formula is C11H12BrN3O3. The van der Waals surface area contributed by atoms with Crippen LogP contribution in [0.15, 0.2) is 16.6 Å². The lowest BCUT2D eigenvalue weighted by Gasteiger charge is -2.12. The van der Waals surface area contributed by atoms with Crippen LogP contribution in [0.5, 0.6) is 0 Å². The second-order valence-electron chi connectivity index (χ2n) is 4.49. The first-order valence-corrected chi connectivity index (χ1v) is 6.18. The number of aryl methyl sites for hydroxylation is 1. The Hall–Kier alpha value is -1.47. The van der Waals surface area contributed by atoms with Gasteiger partial charge in [-0.15, -0.1) is 0 Å². The molecule has 0 heterocycles. The summed E-state index contributed by atoms with van der Waals surface area (Å²) in [5.41, 5.74) is 5.81. The van der Waals surface area contributed by atoms with Crippen molar-refractivity contribution in [2.24, 2.45) is 5.73 Å². The van der Waals surface area contributed by atoms with Crippen LogP contribution in [0.2, 0.25) is 0 Å². The van der Waals surface area contributed by atoms with Gasteiger partial charge in [-0.05, 0) is 41.8 Å². The number of carbonyl (C=O) groups is 1. The molecule has 0 aliphatic heterocycles. The van der Waals surface area contributed by atoms with Crippen LogP contribution in [-0.2, 0) is 4.79 Å². The molecule has 0 radical (unpaired) electrons. The molecule has 1 amide bonds. The van der Waals surface area contributed by atoms with E-state index in [2.05, 4.69) is 21.2 Å². The first-order valence-electron chi connectivity index (χ1n) is 5.38. The van der Waals surface area contributed by atoms with Gasteiger partial charge in [-0.25, -0.2) is 0 Å². The van der Waals surface area contributed by atoms with Gasteiger partial charge in [-0.3, -0.25) is 14.9 Å². The molecule has 18 heavy (non-hydrogen) atoms. The zero-order valence-electron chi connectivity index (χ0n) is 9.70. The van der Waals surface area contributed by atoms with Gasteiger partial charge in [0.15, 0.2) is 0 Å². The zero-order valence-corrected chi connectivity index (χ0v) is 11.3. The summed E-state index contributed by atoms with van der Waals surface area (Å²) in [5.74, 6) is -0.304. The van der Waals surface area contributed by atoms with Crippen molar-refractivity contribution in [1.29, 1.82) is 0 Å². The first kappa shape index (κ1) is 13.0. The molecule has 96 valence electrons. The Labute approximate surface area is 112 Å². The van der Waals surface area contributed by atoms with E-state index in [1.165, 1.54) is 6.07 Å². The van der Waals surface area contributed by atoms with Gasteiger partial charge in [0.05, 0.1) is 16.1 Å². The van der Waals surface area contributed by atoms with Gasteiger partial charge in [0, 0.05) is 16.1 Å². The maximum Gasteiger partial charge on any atom is 0.274 e. The third-order valence-electron chi connectivity index (χ3n) is 2.97. The smallest absolute Gasteiger partial charge is 0.274 e. The summed E-state index contributed by atoms with van der Waals surface area (Å²) in [4.78, 5) is 22.1. The number of hydrogen-bond acceptors (Lipinski definition) is 4. The summed E-state index contributed by atoms with van der Waals surface area (Å²) in [5, 5.41) is 13.5. The van der Waals surface area contributed by atoms with Gasteiger partial charge in [-0.1, -0.05) is 0 Å². The number of nitrogens with zero attached hydrogens (tertiary/aromatic N) is 1. The van der Waals surface area contributed by atoms with E-state index in [-0.39, 0.29) is 11.6 Å². The quantitative estimate of drug-likeness (QED) is 0.659. The van der Waals surface area contributed by atoms with Crippen molar-refractivity contribution in [2.45, 2.75) is 25.3 Å². The summed E-state index contributed by atoms with van der Waals surface area (Å²) < 4.78 is 0.600. The Kier molecular flexibility index (Phi) is 3.12. The lowest BCUT2D eigenvalue weighted by Crippen LogP contribution is -2.37. The number of hydrogen-bond donors (Lipinski definition) is 2.